The minimum atomic E-state index is -4.76. The average Bonchev–Trinajstić information content (AvgIpc) is 2.36. The maximum atomic E-state index is 12.8. The molecule has 0 aliphatic carbocycles. The van der Waals surface area contributed by atoms with Crippen molar-refractivity contribution >= 4 is 38.7 Å². The van der Waals surface area contributed by atoms with E-state index in [4.69, 9.17) is 28.9 Å². The van der Waals surface area contributed by atoms with Crippen LogP contribution in [0.5, 0.6) is 0 Å². The third-order valence-corrected chi connectivity index (χ3v) is 5.29. The van der Waals surface area contributed by atoms with Gasteiger partial charge < -0.3 is 5.73 Å². The molecule has 0 aliphatic rings. The Hall–Kier alpha value is -1.44. The van der Waals surface area contributed by atoms with Crippen molar-refractivity contribution in [2.75, 3.05) is 5.73 Å². The molecule has 9 heteroatoms. The first kappa shape index (κ1) is 16.9. The first-order valence-electron chi connectivity index (χ1n) is 5.70. The summed E-state index contributed by atoms with van der Waals surface area (Å²) in [6, 6.07) is 5.96. The molecule has 2 aromatic rings. The number of sulfone groups is 1. The number of benzene rings is 2. The summed E-state index contributed by atoms with van der Waals surface area (Å²) in [6.45, 7) is 0. The van der Waals surface area contributed by atoms with Gasteiger partial charge >= 0.3 is 6.18 Å². The summed E-state index contributed by atoms with van der Waals surface area (Å²) in [4.78, 5) is -0.894. The molecular formula is C13H8Cl2F3NO2S. The van der Waals surface area contributed by atoms with Gasteiger partial charge in [0.1, 0.15) is 0 Å². The minimum Gasteiger partial charge on any atom is -0.398 e. The molecule has 118 valence electrons. The Morgan fingerprint density at radius 1 is 1.00 bits per heavy atom. The summed E-state index contributed by atoms with van der Waals surface area (Å²) in [5.74, 6) is 0. The van der Waals surface area contributed by atoms with Gasteiger partial charge in [-0.3, -0.25) is 0 Å². The van der Waals surface area contributed by atoms with Crippen molar-refractivity contribution in [1.29, 1.82) is 0 Å². The van der Waals surface area contributed by atoms with Crippen LogP contribution in [0.15, 0.2) is 46.2 Å². The molecule has 0 radical (unpaired) electrons. The number of nitrogen functional groups attached to an aromatic ring is 1. The number of anilines is 1. The predicted octanol–water partition coefficient (Wildman–Crippen LogP) is 4.43. The van der Waals surface area contributed by atoms with Crippen molar-refractivity contribution in [1.82, 2.24) is 0 Å². The zero-order valence-corrected chi connectivity index (χ0v) is 13.0. The quantitative estimate of drug-likeness (QED) is 0.796. The first-order valence-corrected chi connectivity index (χ1v) is 7.94. The van der Waals surface area contributed by atoms with E-state index in [2.05, 4.69) is 0 Å². The Bertz CT molecular complexity index is 836. The molecule has 0 atom stereocenters. The van der Waals surface area contributed by atoms with Crippen LogP contribution < -0.4 is 5.73 Å². The second kappa shape index (κ2) is 5.64. The van der Waals surface area contributed by atoms with Gasteiger partial charge in [-0.1, -0.05) is 23.2 Å². The molecule has 0 saturated carbocycles. The second-order valence-corrected chi connectivity index (χ2v) is 7.09. The van der Waals surface area contributed by atoms with Crippen molar-refractivity contribution in [3.05, 3.63) is 52.0 Å². The normalized spacial score (nSPS) is 12.4. The van der Waals surface area contributed by atoms with Gasteiger partial charge in [0.05, 0.1) is 20.4 Å². The van der Waals surface area contributed by atoms with E-state index in [0.717, 1.165) is 18.2 Å². The number of alkyl halides is 3. The zero-order valence-electron chi connectivity index (χ0n) is 10.7. The number of nitrogens with two attached hydrogens (primary N) is 1. The van der Waals surface area contributed by atoms with Gasteiger partial charge in [-0.15, -0.1) is 0 Å². The first-order chi connectivity index (χ1) is 10.0. The van der Waals surface area contributed by atoms with Crippen LogP contribution in [-0.2, 0) is 16.0 Å². The van der Waals surface area contributed by atoms with E-state index >= 15 is 0 Å². The zero-order chi connectivity index (χ0) is 16.7. The number of rotatable bonds is 2. The maximum Gasteiger partial charge on any atom is 0.418 e. The molecule has 2 N–H and O–H groups in total. The van der Waals surface area contributed by atoms with Crippen LogP contribution in [0.25, 0.3) is 0 Å². The molecule has 0 bridgehead atoms. The van der Waals surface area contributed by atoms with E-state index in [1.54, 1.807) is 0 Å². The molecule has 0 unspecified atom stereocenters. The van der Waals surface area contributed by atoms with Crippen molar-refractivity contribution in [3.8, 4) is 0 Å². The summed E-state index contributed by atoms with van der Waals surface area (Å²) < 4.78 is 63.3. The van der Waals surface area contributed by atoms with Gasteiger partial charge in [-0.2, -0.15) is 13.2 Å². The van der Waals surface area contributed by atoms with Gasteiger partial charge in [-0.25, -0.2) is 8.42 Å². The Labute approximate surface area is 134 Å². The maximum absolute atomic E-state index is 12.8. The largest absolute Gasteiger partial charge is 0.418 e. The lowest BCUT2D eigenvalue weighted by molar-refractivity contribution is -0.137. The molecule has 2 rings (SSSR count). The molecular weight excluding hydrogens is 362 g/mol. The van der Waals surface area contributed by atoms with Crippen LogP contribution in [0.3, 0.4) is 0 Å². The van der Waals surface area contributed by atoms with Crippen molar-refractivity contribution in [3.63, 3.8) is 0 Å². The van der Waals surface area contributed by atoms with Crippen molar-refractivity contribution in [2.45, 2.75) is 16.0 Å². The van der Waals surface area contributed by atoms with Crippen LogP contribution >= 0.6 is 23.2 Å². The molecule has 0 saturated heterocycles. The van der Waals surface area contributed by atoms with Crippen molar-refractivity contribution in [2.24, 2.45) is 0 Å². The Morgan fingerprint density at radius 2 is 1.64 bits per heavy atom. The second-order valence-electron chi connectivity index (χ2n) is 4.32. The Morgan fingerprint density at radius 3 is 2.18 bits per heavy atom. The average molecular weight is 370 g/mol. The lowest BCUT2D eigenvalue weighted by Crippen LogP contribution is -2.11. The van der Waals surface area contributed by atoms with E-state index in [1.807, 2.05) is 0 Å². The third-order valence-electron chi connectivity index (χ3n) is 2.82. The lowest BCUT2D eigenvalue weighted by atomic mass is 10.2. The van der Waals surface area contributed by atoms with Crippen molar-refractivity contribution < 1.29 is 21.6 Å². The van der Waals surface area contributed by atoms with E-state index in [9.17, 15) is 21.6 Å². The molecule has 22 heavy (non-hydrogen) atoms. The Balaban J connectivity index is 2.65. The van der Waals surface area contributed by atoms with E-state index < -0.39 is 32.2 Å². The molecule has 2 aromatic carbocycles. The molecule has 0 amide bonds. The molecule has 0 heterocycles. The summed E-state index contributed by atoms with van der Waals surface area (Å²) in [6.07, 6.45) is -4.76. The lowest BCUT2D eigenvalue weighted by Gasteiger charge is -2.13. The highest BCUT2D eigenvalue weighted by Crippen LogP contribution is 2.37. The van der Waals surface area contributed by atoms with Crippen LogP contribution in [0, 0.1) is 0 Å². The van der Waals surface area contributed by atoms with Gasteiger partial charge in [0.15, 0.2) is 0 Å². The van der Waals surface area contributed by atoms with Gasteiger partial charge in [0, 0.05) is 10.7 Å². The number of hydrogen-bond acceptors (Lipinski definition) is 3. The summed E-state index contributed by atoms with van der Waals surface area (Å²) in [5, 5.41) is 0.0233. The van der Waals surface area contributed by atoms with E-state index in [-0.39, 0.29) is 14.9 Å². The summed E-state index contributed by atoms with van der Waals surface area (Å²) in [7, 11) is -4.23. The fourth-order valence-corrected chi connectivity index (χ4v) is 3.82. The summed E-state index contributed by atoms with van der Waals surface area (Å²) >= 11 is 11.5. The topological polar surface area (TPSA) is 60.2 Å². The van der Waals surface area contributed by atoms with E-state index in [1.165, 1.54) is 12.1 Å². The van der Waals surface area contributed by atoms with Crippen LogP contribution in [0.4, 0.5) is 18.9 Å². The molecule has 3 nitrogen and oxygen atoms in total. The monoisotopic (exact) mass is 369 g/mol. The number of halogens is 5. The van der Waals surface area contributed by atoms with Gasteiger partial charge in [0.2, 0.25) is 9.84 Å². The van der Waals surface area contributed by atoms with Crippen LogP contribution in [0.2, 0.25) is 10.0 Å². The highest BCUT2D eigenvalue weighted by molar-refractivity contribution is 7.91. The van der Waals surface area contributed by atoms with Crippen LogP contribution in [-0.4, -0.2) is 8.42 Å². The highest BCUT2D eigenvalue weighted by atomic mass is 35.5. The Kier molecular flexibility index (Phi) is 4.34. The highest BCUT2D eigenvalue weighted by Gasteiger charge is 2.34. The van der Waals surface area contributed by atoms with Gasteiger partial charge in [0.25, 0.3) is 0 Å². The minimum absolute atomic E-state index is 0.183. The third kappa shape index (κ3) is 3.16. The smallest absolute Gasteiger partial charge is 0.398 e. The predicted molar refractivity (Wildman–Crippen MR) is 77.8 cm³/mol. The summed E-state index contributed by atoms with van der Waals surface area (Å²) in [5.41, 5.74) is 3.46. The fraction of sp³-hybridized carbons (Fsp3) is 0.0769. The number of hydrogen-bond donors (Lipinski definition) is 1. The molecule has 0 aliphatic heterocycles. The van der Waals surface area contributed by atoms with Gasteiger partial charge in [-0.05, 0) is 36.4 Å². The fourth-order valence-electron chi connectivity index (χ4n) is 1.77. The van der Waals surface area contributed by atoms with Crippen LogP contribution in [0.1, 0.15) is 5.56 Å². The standard InChI is InChI=1S/C13H8Cl2F3NO2S/c14-7-1-4-12(10(15)5-7)22(20,21)8-2-3-11(19)9(6-8)13(16,17)18/h1-6H,19H2. The van der Waals surface area contributed by atoms with E-state index in [0.29, 0.717) is 6.07 Å². The SMILES string of the molecule is Nc1ccc(S(=O)(=O)c2ccc(Cl)cc2Cl)cc1C(F)(F)F. The molecule has 0 fully saturated rings. The molecule has 0 spiro atoms. The molecule has 0 aromatic heterocycles.